The van der Waals surface area contributed by atoms with Crippen LogP contribution in [0.25, 0.3) is 0 Å². The second-order valence-corrected chi connectivity index (χ2v) is 6.57. The Hall–Kier alpha value is -2.28. The Labute approximate surface area is 155 Å². The van der Waals surface area contributed by atoms with Gasteiger partial charge >= 0.3 is 6.03 Å². The molecule has 26 heavy (non-hydrogen) atoms. The second kappa shape index (κ2) is 10.7. The highest BCUT2D eigenvalue weighted by molar-refractivity contribution is 5.89. The van der Waals surface area contributed by atoms with Gasteiger partial charge in [0.05, 0.1) is 6.61 Å². The van der Waals surface area contributed by atoms with Crippen molar-refractivity contribution in [3.8, 4) is 5.75 Å². The number of primary amides is 1. The number of carbonyl (C=O) groups excluding carboxylic acids is 2. The molecule has 0 bridgehead atoms. The molecule has 0 atom stereocenters. The van der Waals surface area contributed by atoms with E-state index in [9.17, 15) is 9.59 Å². The van der Waals surface area contributed by atoms with E-state index in [-0.39, 0.29) is 17.9 Å². The summed E-state index contributed by atoms with van der Waals surface area (Å²) in [6, 6.07) is 7.14. The van der Waals surface area contributed by atoms with E-state index in [0.29, 0.717) is 18.8 Å². The summed E-state index contributed by atoms with van der Waals surface area (Å²) in [6.07, 6.45) is 3.65. The molecular weight excluding hydrogens is 332 g/mol. The van der Waals surface area contributed by atoms with Crippen LogP contribution in [0.1, 0.15) is 32.6 Å². The summed E-state index contributed by atoms with van der Waals surface area (Å²) >= 11 is 0. The monoisotopic (exact) mass is 362 g/mol. The van der Waals surface area contributed by atoms with Crippen LogP contribution in [0.3, 0.4) is 0 Å². The SMILES string of the molecule is CCOc1cccc(NC(=O)NCCCCN2CCC(C(N)=O)CC2)c1. The summed E-state index contributed by atoms with van der Waals surface area (Å²) in [6.45, 7) is 6.00. The van der Waals surface area contributed by atoms with Gasteiger partial charge in [-0.15, -0.1) is 0 Å². The zero-order valence-electron chi connectivity index (χ0n) is 15.5. The van der Waals surface area contributed by atoms with E-state index in [1.807, 2.05) is 25.1 Å². The Bertz CT molecular complexity index is 586. The van der Waals surface area contributed by atoms with Gasteiger partial charge in [0.15, 0.2) is 0 Å². The molecule has 7 nitrogen and oxygen atoms in total. The fourth-order valence-electron chi connectivity index (χ4n) is 3.11. The van der Waals surface area contributed by atoms with Gasteiger partial charge in [-0.1, -0.05) is 6.07 Å². The minimum atomic E-state index is -0.207. The van der Waals surface area contributed by atoms with E-state index in [4.69, 9.17) is 10.5 Å². The predicted molar refractivity (Wildman–Crippen MR) is 102 cm³/mol. The minimum Gasteiger partial charge on any atom is -0.494 e. The van der Waals surface area contributed by atoms with E-state index < -0.39 is 0 Å². The number of piperidine rings is 1. The fraction of sp³-hybridized carbons (Fsp3) is 0.579. The zero-order valence-corrected chi connectivity index (χ0v) is 15.5. The molecule has 0 aromatic heterocycles. The Morgan fingerprint density at radius 3 is 2.73 bits per heavy atom. The molecule has 0 unspecified atom stereocenters. The number of anilines is 1. The van der Waals surface area contributed by atoms with Crippen LogP contribution in [-0.4, -0.2) is 49.6 Å². The normalized spacial score (nSPS) is 15.4. The highest BCUT2D eigenvalue weighted by atomic mass is 16.5. The van der Waals surface area contributed by atoms with Crippen LogP contribution in [0.2, 0.25) is 0 Å². The van der Waals surface area contributed by atoms with Crippen molar-refractivity contribution in [2.24, 2.45) is 11.7 Å². The van der Waals surface area contributed by atoms with Gasteiger partial charge in [-0.05, 0) is 64.4 Å². The van der Waals surface area contributed by atoms with E-state index in [1.165, 1.54) is 0 Å². The van der Waals surface area contributed by atoms with Crippen molar-refractivity contribution >= 4 is 17.6 Å². The summed E-state index contributed by atoms with van der Waals surface area (Å²) < 4.78 is 5.42. The maximum absolute atomic E-state index is 11.9. The average molecular weight is 362 g/mol. The number of rotatable bonds is 9. The van der Waals surface area contributed by atoms with Crippen LogP contribution in [0.4, 0.5) is 10.5 Å². The van der Waals surface area contributed by atoms with Gasteiger partial charge in [0.25, 0.3) is 0 Å². The lowest BCUT2D eigenvalue weighted by atomic mass is 9.96. The van der Waals surface area contributed by atoms with Crippen molar-refractivity contribution in [3.63, 3.8) is 0 Å². The lowest BCUT2D eigenvalue weighted by molar-refractivity contribution is -0.123. The maximum Gasteiger partial charge on any atom is 0.319 e. The number of amides is 3. The molecule has 0 radical (unpaired) electrons. The number of hydrogen-bond donors (Lipinski definition) is 3. The molecule has 1 fully saturated rings. The van der Waals surface area contributed by atoms with E-state index in [0.717, 1.165) is 51.1 Å². The van der Waals surface area contributed by atoms with Crippen molar-refractivity contribution in [2.45, 2.75) is 32.6 Å². The van der Waals surface area contributed by atoms with E-state index in [2.05, 4.69) is 15.5 Å². The quantitative estimate of drug-likeness (QED) is 0.587. The average Bonchev–Trinajstić information content (AvgIpc) is 2.62. The molecule has 1 aliphatic rings. The van der Waals surface area contributed by atoms with Gasteiger partial charge in [-0.25, -0.2) is 4.79 Å². The van der Waals surface area contributed by atoms with Crippen molar-refractivity contribution in [3.05, 3.63) is 24.3 Å². The van der Waals surface area contributed by atoms with Gasteiger partial charge in [-0.3, -0.25) is 4.79 Å². The molecule has 4 N–H and O–H groups in total. The molecule has 0 saturated carbocycles. The maximum atomic E-state index is 11.9. The smallest absolute Gasteiger partial charge is 0.319 e. The first-order valence-electron chi connectivity index (χ1n) is 9.38. The first-order valence-corrected chi connectivity index (χ1v) is 9.38. The summed E-state index contributed by atoms with van der Waals surface area (Å²) in [7, 11) is 0. The Balaban J connectivity index is 1.56. The van der Waals surface area contributed by atoms with Crippen LogP contribution >= 0.6 is 0 Å². The predicted octanol–water partition coefficient (Wildman–Crippen LogP) is 2.18. The van der Waals surface area contributed by atoms with Crippen molar-refractivity contribution in [2.75, 3.05) is 38.1 Å². The van der Waals surface area contributed by atoms with Gasteiger partial charge < -0.3 is 26.0 Å². The fourth-order valence-corrected chi connectivity index (χ4v) is 3.11. The number of benzene rings is 1. The molecular formula is C19H30N4O3. The number of nitrogens with zero attached hydrogens (tertiary/aromatic N) is 1. The van der Waals surface area contributed by atoms with Crippen molar-refractivity contribution in [1.29, 1.82) is 0 Å². The molecule has 1 heterocycles. The van der Waals surface area contributed by atoms with Crippen LogP contribution in [0, 0.1) is 5.92 Å². The summed E-state index contributed by atoms with van der Waals surface area (Å²) in [5, 5.41) is 5.68. The molecule has 0 spiro atoms. The van der Waals surface area contributed by atoms with Crippen LogP contribution < -0.4 is 21.1 Å². The summed E-state index contributed by atoms with van der Waals surface area (Å²) in [5.74, 6) is 0.606. The molecule has 0 aliphatic carbocycles. The first kappa shape index (κ1) is 20.0. The first-order chi connectivity index (χ1) is 12.6. The molecule has 1 saturated heterocycles. The van der Waals surface area contributed by atoms with Crippen LogP contribution in [-0.2, 0) is 4.79 Å². The lowest BCUT2D eigenvalue weighted by Gasteiger charge is -2.30. The number of urea groups is 1. The minimum absolute atomic E-state index is 0.0397. The van der Waals surface area contributed by atoms with Crippen LogP contribution in [0.5, 0.6) is 5.75 Å². The number of hydrogen-bond acceptors (Lipinski definition) is 4. The third kappa shape index (κ3) is 6.92. The number of nitrogens with two attached hydrogens (primary N) is 1. The molecule has 2 rings (SSSR count). The number of unbranched alkanes of at least 4 members (excludes halogenated alkanes) is 1. The molecule has 1 aromatic rings. The van der Waals surface area contributed by atoms with Gasteiger partial charge in [-0.2, -0.15) is 0 Å². The van der Waals surface area contributed by atoms with Gasteiger partial charge in [0, 0.05) is 24.2 Å². The van der Waals surface area contributed by atoms with Crippen molar-refractivity contribution < 1.29 is 14.3 Å². The third-order valence-corrected chi connectivity index (χ3v) is 4.58. The lowest BCUT2D eigenvalue weighted by Crippen LogP contribution is -2.39. The number of likely N-dealkylation sites (tertiary alicyclic amines) is 1. The Morgan fingerprint density at radius 2 is 2.04 bits per heavy atom. The summed E-state index contributed by atoms with van der Waals surface area (Å²) in [4.78, 5) is 25.4. The standard InChI is InChI=1S/C19H30N4O3/c1-2-26-17-7-5-6-16(14-17)22-19(25)21-10-3-4-11-23-12-8-15(9-13-23)18(20)24/h5-7,14-15H,2-4,8-13H2,1H3,(H2,20,24)(H2,21,22,25). The molecule has 1 aromatic carbocycles. The largest absolute Gasteiger partial charge is 0.494 e. The molecule has 7 heteroatoms. The van der Waals surface area contributed by atoms with Gasteiger partial charge in [0.1, 0.15) is 5.75 Å². The van der Waals surface area contributed by atoms with Crippen LogP contribution in [0.15, 0.2) is 24.3 Å². The van der Waals surface area contributed by atoms with E-state index in [1.54, 1.807) is 6.07 Å². The van der Waals surface area contributed by atoms with Gasteiger partial charge in [0.2, 0.25) is 5.91 Å². The molecule has 3 amide bonds. The number of nitrogens with one attached hydrogen (secondary N) is 2. The number of carbonyl (C=O) groups is 2. The Kier molecular flexibility index (Phi) is 8.21. The third-order valence-electron chi connectivity index (χ3n) is 4.58. The molecule has 144 valence electrons. The Morgan fingerprint density at radius 1 is 1.27 bits per heavy atom. The van der Waals surface area contributed by atoms with E-state index >= 15 is 0 Å². The zero-order chi connectivity index (χ0) is 18.8. The second-order valence-electron chi connectivity index (χ2n) is 6.57. The van der Waals surface area contributed by atoms with Crippen molar-refractivity contribution in [1.82, 2.24) is 10.2 Å². The number of ether oxygens (including phenoxy) is 1. The highest BCUT2D eigenvalue weighted by Gasteiger charge is 2.22. The highest BCUT2D eigenvalue weighted by Crippen LogP contribution is 2.18. The molecule has 1 aliphatic heterocycles. The topological polar surface area (TPSA) is 96.7 Å². The summed E-state index contributed by atoms with van der Waals surface area (Å²) in [5.41, 5.74) is 6.06.